The molecule has 1 aromatic rings. The van der Waals surface area contributed by atoms with E-state index < -0.39 is 34.0 Å². The van der Waals surface area contributed by atoms with Crippen LogP contribution in [0.25, 0.3) is 0 Å². The molecule has 1 aromatic carbocycles. The summed E-state index contributed by atoms with van der Waals surface area (Å²) in [4.78, 5) is 34.4. The maximum absolute atomic E-state index is 12.8. The fourth-order valence-electron chi connectivity index (χ4n) is 3.22. The molecule has 1 aliphatic heterocycles. The van der Waals surface area contributed by atoms with Gasteiger partial charge in [0, 0.05) is 13.1 Å². The Bertz CT molecular complexity index is 843. The number of esters is 1. The number of nitrogens with two attached hydrogens (primary N) is 1. The Kier molecular flexibility index (Phi) is 6.78. The van der Waals surface area contributed by atoms with Gasteiger partial charge in [-0.1, -0.05) is 13.8 Å². The second kappa shape index (κ2) is 8.70. The zero-order valence-corrected chi connectivity index (χ0v) is 16.9. The van der Waals surface area contributed by atoms with E-state index in [1.807, 2.05) is 19.2 Å². The number of benzene rings is 1. The van der Waals surface area contributed by atoms with Gasteiger partial charge in [0.25, 0.3) is 5.91 Å². The van der Waals surface area contributed by atoms with E-state index in [0.29, 0.717) is 13.1 Å². The molecule has 0 bridgehead atoms. The Morgan fingerprint density at radius 1 is 1.14 bits per heavy atom. The summed E-state index contributed by atoms with van der Waals surface area (Å²) in [5.41, 5.74) is 4.92. The third-order valence-electron chi connectivity index (χ3n) is 4.46. The van der Waals surface area contributed by atoms with Gasteiger partial charge in [-0.05, 0) is 49.4 Å². The average molecular weight is 411 g/mol. The predicted molar refractivity (Wildman–Crippen MR) is 101 cm³/mol. The fraction of sp³-hybridized carbons (Fsp3) is 0.500. The molecule has 2 rings (SSSR count). The average Bonchev–Trinajstić information content (AvgIpc) is 2.60. The quantitative estimate of drug-likeness (QED) is 0.696. The Balaban J connectivity index is 2.09. The van der Waals surface area contributed by atoms with E-state index >= 15 is 0 Å². The molecule has 9 nitrogen and oxygen atoms in total. The van der Waals surface area contributed by atoms with E-state index in [4.69, 9.17) is 10.5 Å². The molecular weight excluding hydrogens is 386 g/mol. The van der Waals surface area contributed by atoms with Crippen molar-refractivity contribution in [2.24, 2.45) is 17.6 Å². The van der Waals surface area contributed by atoms with Crippen molar-refractivity contribution < 1.29 is 27.5 Å². The van der Waals surface area contributed by atoms with Crippen LogP contribution in [0.3, 0.4) is 0 Å². The van der Waals surface area contributed by atoms with Gasteiger partial charge in [-0.25, -0.2) is 18.0 Å². The zero-order chi connectivity index (χ0) is 21.1. The standard InChI is InChI=1S/C18H25N3O6S/c1-11-8-12(2)10-21(9-11)28(25,26)15-6-4-14(5-7-15)17(23)27-13(3)16(22)20-18(19)24/h4-7,11-13H,8-10H2,1-3H3,(H3,19,20,22,24). The number of carbonyl (C=O) groups excluding carboxylic acids is 3. The summed E-state index contributed by atoms with van der Waals surface area (Å²) in [5.74, 6) is -1.12. The highest BCUT2D eigenvalue weighted by Crippen LogP contribution is 2.26. The molecule has 3 N–H and O–H groups in total. The molecular formula is C18H25N3O6S. The van der Waals surface area contributed by atoms with Crippen molar-refractivity contribution in [1.29, 1.82) is 0 Å². The second-order valence-electron chi connectivity index (χ2n) is 7.19. The Morgan fingerprint density at radius 3 is 2.18 bits per heavy atom. The topological polar surface area (TPSA) is 136 Å². The van der Waals surface area contributed by atoms with Gasteiger partial charge in [0.05, 0.1) is 10.5 Å². The highest BCUT2D eigenvalue weighted by molar-refractivity contribution is 7.89. The molecule has 1 saturated heterocycles. The van der Waals surface area contributed by atoms with Crippen molar-refractivity contribution in [3.8, 4) is 0 Å². The first kappa shape index (κ1) is 21.8. The van der Waals surface area contributed by atoms with Crippen molar-refractivity contribution in [3.05, 3.63) is 29.8 Å². The highest BCUT2D eigenvalue weighted by Gasteiger charge is 2.31. The van der Waals surface area contributed by atoms with Crippen molar-refractivity contribution >= 4 is 27.9 Å². The first-order valence-electron chi connectivity index (χ1n) is 8.92. The van der Waals surface area contributed by atoms with Crippen LogP contribution in [0, 0.1) is 11.8 Å². The Morgan fingerprint density at radius 2 is 1.68 bits per heavy atom. The van der Waals surface area contributed by atoms with Crippen molar-refractivity contribution in [2.75, 3.05) is 13.1 Å². The number of piperidine rings is 1. The van der Waals surface area contributed by atoms with E-state index in [9.17, 15) is 22.8 Å². The number of hydrogen-bond donors (Lipinski definition) is 2. The molecule has 3 amide bonds. The number of primary amides is 1. The first-order chi connectivity index (χ1) is 13.0. The van der Waals surface area contributed by atoms with Crippen LogP contribution in [-0.2, 0) is 19.6 Å². The number of imide groups is 1. The number of urea groups is 1. The lowest BCUT2D eigenvalue weighted by Crippen LogP contribution is -2.42. The molecule has 28 heavy (non-hydrogen) atoms. The van der Waals surface area contributed by atoms with Gasteiger partial charge in [-0.15, -0.1) is 0 Å². The lowest BCUT2D eigenvalue weighted by atomic mass is 9.94. The van der Waals surface area contributed by atoms with Crippen LogP contribution in [0.1, 0.15) is 37.6 Å². The van der Waals surface area contributed by atoms with Crippen molar-refractivity contribution in [3.63, 3.8) is 0 Å². The van der Waals surface area contributed by atoms with Gasteiger partial charge < -0.3 is 10.5 Å². The number of sulfonamides is 1. The summed E-state index contributed by atoms with van der Waals surface area (Å²) in [6.07, 6.45) is -0.252. The lowest BCUT2D eigenvalue weighted by molar-refractivity contribution is -0.127. The number of nitrogens with zero attached hydrogens (tertiary/aromatic N) is 1. The molecule has 3 unspecified atom stereocenters. The monoisotopic (exact) mass is 411 g/mol. The lowest BCUT2D eigenvalue weighted by Gasteiger charge is -2.34. The molecule has 0 aromatic heterocycles. The van der Waals surface area contributed by atoms with Crippen LogP contribution in [-0.4, -0.2) is 49.8 Å². The summed E-state index contributed by atoms with van der Waals surface area (Å²) >= 11 is 0. The van der Waals surface area contributed by atoms with Gasteiger partial charge in [0.1, 0.15) is 0 Å². The van der Waals surface area contributed by atoms with Crippen molar-refractivity contribution in [1.82, 2.24) is 9.62 Å². The minimum Gasteiger partial charge on any atom is -0.449 e. The molecule has 10 heteroatoms. The molecule has 0 radical (unpaired) electrons. The normalized spacial score (nSPS) is 21.5. The maximum atomic E-state index is 12.8. The number of rotatable bonds is 5. The van der Waals surface area contributed by atoms with Gasteiger partial charge >= 0.3 is 12.0 Å². The molecule has 1 aliphatic rings. The third kappa shape index (κ3) is 5.29. The van der Waals surface area contributed by atoms with Gasteiger partial charge in [-0.3, -0.25) is 10.1 Å². The fourth-order valence-corrected chi connectivity index (χ4v) is 4.90. The molecule has 0 saturated carbocycles. The smallest absolute Gasteiger partial charge is 0.338 e. The third-order valence-corrected chi connectivity index (χ3v) is 6.31. The number of ether oxygens (including phenoxy) is 1. The number of carbonyl (C=O) groups is 3. The summed E-state index contributed by atoms with van der Waals surface area (Å²) in [6.45, 7) is 6.25. The van der Waals surface area contributed by atoms with E-state index in [2.05, 4.69) is 0 Å². The Labute approximate surface area is 164 Å². The van der Waals surface area contributed by atoms with Crippen LogP contribution in [0.2, 0.25) is 0 Å². The maximum Gasteiger partial charge on any atom is 0.338 e. The molecule has 0 aliphatic carbocycles. The van der Waals surface area contributed by atoms with Gasteiger partial charge in [0.15, 0.2) is 6.10 Å². The molecule has 1 fully saturated rings. The number of nitrogens with one attached hydrogen (secondary N) is 1. The second-order valence-corrected chi connectivity index (χ2v) is 9.13. The van der Waals surface area contributed by atoms with Crippen LogP contribution >= 0.6 is 0 Å². The summed E-state index contributed by atoms with van der Waals surface area (Å²) in [5, 5.41) is 1.81. The summed E-state index contributed by atoms with van der Waals surface area (Å²) in [7, 11) is -3.65. The predicted octanol–water partition coefficient (Wildman–Crippen LogP) is 1.09. The van der Waals surface area contributed by atoms with Crippen LogP contribution in [0.15, 0.2) is 29.2 Å². The van der Waals surface area contributed by atoms with E-state index in [1.54, 1.807) is 0 Å². The van der Waals surface area contributed by atoms with Crippen molar-refractivity contribution in [2.45, 2.75) is 38.2 Å². The highest BCUT2D eigenvalue weighted by atomic mass is 32.2. The van der Waals surface area contributed by atoms with Crippen LogP contribution < -0.4 is 11.1 Å². The van der Waals surface area contributed by atoms with E-state index in [0.717, 1.165) is 6.42 Å². The summed E-state index contributed by atoms with van der Waals surface area (Å²) in [6, 6.07) is 4.27. The number of amides is 3. The summed E-state index contributed by atoms with van der Waals surface area (Å²) < 4.78 is 32.1. The zero-order valence-electron chi connectivity index (χ0n) is 16.0. The van der Waals surface area contributed by atoms with Gasteiger partial charge in [-0.2, -0.15) is 4.31 Å². The SMILES string of the molecule is CC1CC(C)CN(S(=O)(=O)c2ccc(C(=O)OC(C)C(=O)NC(N)=O)cc2)C1. The van der Waals surface area contributed by atoms with Crippen LogP contribution in [0.5, 0.6) is 0 Å². The Hall–Kier alpha value is -2.46. The molecule has 3 atom stereocenters. The van der Waals surface area contributed by atoms with Gasteiger partial charge in [0.2, 0.25) is 10.0 Å². The molecule has 154 valence electrons. The van der Waals surface area contributed by atoms with E-state index in [1.165, 1.54) is 35.5 Å². The van der Waals surface area contributed by atoms with Crippen LogP contribution in [0.4, 0.5) is 4.79 Å². The minimum absolute atomic E-state index is 0.0815. The van der Waals surface area contributed by atoms with E-state index in [-0.39, 0.29) is 22.3 Å². The molecule has 1 heterocycles. The molecule has 0 spiro atoms. The number of hydrogen-bond acceptors (Lipinski definition) is 6. The first-order valence-corrected chi connectivity index (χ1v) is 10.4. The largest absolute Gasteiger partial charge is 0.449 e. The minimum atomic E-state index is -3.65.